The molecule has 2 bridgehead atoms. The molecule has 0 saturated carbocycles. The van der Waals surface area contributed by atoms with Crippen LogP contribution in [-0.4, -0.2) is 41.1 Å². The average Bonchev–Trinajstić information content (AvgIpc) is 2.44. The van der Waals surface area contributed by atoms with Gasteiger partial charge in [0.05, 0.1) is 16.8 Å². The fourth-order valence-electron chi connectivity index (χ4n) is 3.96. The van der Waals surface area contributed by atoms with Gasteiger partial charge in [-0.15, -0.1) is 0 Å². The lowest BCUT2D eigenvalue weighted by Crippen LogP contribution is -2.56. The zero-order valence-electron chi connectivity index (χ0n) is 13.2. The summed E-state index contributed by atoms with van der Waals surface area (Å²) in [5.41, 5.74) is -1.25. The molecule has 3 aliphatic heterocycles. The zero-order chi connectivity index (χ0) is 14.6. The highest BCUT2D eigenvalue weighted by molar-refractivity contribution is 6.45. The average molecular weight is 281 g/mol. The number of aliphatic hydroxyl groups is 1. The summed E-state index contributed by atoms with van der Waals surface area (Å²) in [7, 11) is -0.288. The Bertz CT molecular complexity index is 357. The van der Waals surface area contributed by atoms with E-state index in [1.165, 1.54) is 19.3 Å². The van der Waals surface area contributed by atoms with Crippen LogP contribution in [0.4, 0.5) is 0 Å². The predicted molar refractivity (Wildman–Crippen MR) is 79.6 cm³/mol. The van der Waals surface area contributed by atoms with Gasteiger partial charge in [0.15, 0.2) is 0 Å². The van der Waals surface area contributed by atoms with Crippen molar-refractivity contribution < 1.29 is 14.4 Å². The van der Waals surface area contributed by atoms with E-state index in [4.69, 9.17) is 9.31 Å². The Labute approximate surface area is 122 Å². The van der Waals surface area contributed by atoms with Gasteiger partial charge in [0.1, 0.15) is 0 Å². The Morgan fingerprint density at radius 3 is 2.05 bits per heavy atom. The number of fused-ring (bicyclic) bond motifs is 2. The molecule has 0 aromatic carbocycles. The van der Waals surface area contributed by atoms with Gasteiger partial charge in [-0.25, -0.2) is 0 Å². The van der Waals surface area contributed by atoms with Crippen molar-refractivity contribution in [2.24, 2.45) is 0 Å². The van der Waals surface area contributed by atoms with Crippen LogP contribution in [0.3, 0.4) is 0 Å². The molecule has 114 valence electrons. The van der Waals surface area contributed by atoms with E-state index in [1.54, 1.807) is 0 Å². The minimum absolute atomic E-state index is 0.288. The number of hydrogen-bond acceptors (Lipinski definition) is 4. The smallest absolute Gasteiger partial charge is 0.403 e. The standard InChI is InChI=1S/C15H28BNO3/c1-13(2)14(3,4)20-16(19-13)10-15(18)8-11-6-5-7-12(9-15)17-11/h11-12,17-18H,5-10H2,1-4H3. The molecule has 0 aromatic rings. The molecule has 3 saturated heterocycles. The second-order valence-corrected chi connectivity index (χ2v) is 8.01. The molecule has 20 heavy (non-hydrogen) atoms. The van der Waals surface area contributed by atoms with Gasteiger partial charge in [0.2, 0.25) is 0 Å². The van der Waals surface area contributed by atoms with Crippen molar-refractivity contribution in [1.29, 1.82) is 0 Å². The molecule has 3 heterocycles. The summed E-state index contributed by atoms with van der Waals surface area (Å²) < 4.78 is 12.1. The van der Waals surface area contributed by atoms with Gasteiger partial charge >= 0.3 is 7.12 Å². The second-order valence-electron chi connectivity index (χ2n) is 8.01. The Hall–Kier alpha value is -0.0951. The SMILES string of the molecule is CC1(C)OB(CC2(O)CC3CCCC(C2)N3)OC1(C)C. The number of hydrogen-bond donors (Lipinski definition) is 2. The normalized spacial score (nSPS) is 42.8. The van der Waals surface area contributed by atoms with E-state index < -0.39 is 5.60 Å². The van der Waals surface area contributed by atoms with Crippen molar-refractivity contribution in [3.63, 3.8) is 0 Å². The van der Waals surface area contributed by atoms with Crippen LogP contribution in [0.1, 0.15) is 59.8 Å². The summed E-state index contributed by atoms with van der Waals surface area (Å²) in [5.74, 6) is 0. The largest absolute Gasteiger partial charge is 0.460 e. The third-order valence-corrected chi connectivity index (χ3v) is 5.68. The monoisotopic (exact) mass is 281 g/mol. The maximum atomic E-state index is 11.0. The van der Waals surface area contributed by atoms with E-state index in [2.05, 4.69) is 33.0 Å². The van der Waals surface area contributed by atoms with Gasteiger partial charge in [-0.3, -0.25) is 0 Å². The Morgan fingerprint density at radius 2 is 1.55 bits per heavy atom. The van der Waals surface area contributed by atoms with E-state index in [1.807, 2.05) is 0 Å². The van der Waals surface area contributed by atoms with Crippen LogP contribution >= 0.6 is 0 Å². The van der Waals surface area contributed by atoms with Crippen LogP contribution in [-0.2, 0) is 9.31 Å². The summed E-state index contributed by atoms with van der Waals surface area (Å²) in [6, 6.07) is 0.935. The summed E-state index contributed by atoms with van der Waals surface area (Å²) in [6.45, 7) is 8.25. The topological polar surface area (TPSA) is 50.7 Å². The summed E-state index contributed by atoms with van der Waals surface area (Å²) >= 11 is 0. The molecular formula is C15H28BNO3. The van der Waals surface area contributed by atoms with Crippen molar-refractivity contribution in [3.05, 3.63) is 0 Å². The van der Waals surface area contributed by atoms with Gasteiger partial charge < -0.3 is 19.7 Å². The van der Waals surface area contributed by atoms with Gasteiger partial charge in [-0.05, 0) is 53.4 Å². The fraction of sp³-hybridized carbons (Fsp3) is 1.00. The highest BCUT2D eigenvalue weighted by Gasteiger charge is 2.54. The predicted octanol–water partition coefficient (Wildman–Crippen LogP) is 2.11. The fourth-order valence-corrected chi connectivity index (χ4v) is 3.96. The van der Waals surface area contributed by atoms with Crippen LogP contribution in [0.2, 0.25) is 6.32 Å². The molecule has 5 heteroatoms. The lowest BCUT2D eigenvalue weighted by molar-refractivity contribution is -0.0200. The molecule has 2 N–H and O–H groups in total. The third kappa shape index (κ3) is 2.65. The highest BCUT2D eigenvalue weighted by atomic mass is 16.7. The number of nitrogens with one attached hydrogen (secondary N) is 1. The minimum Gasteiger partial charge on any atom is -0.403 e. The molecule has 3 aliphatic rings. The van der Waals surface area contributed by atoms with Gasteiger partial charge in [0, 0.05) is 18.4 Å². The Kier molecular flexibility index (Phi) is 3.49. The van der Waals surface area contributed by atoms with Crippen molar-refractivity contribution in [2.75, 3.05) is 0 Å². The van der Waals surface area contributed by atoms with Crippen molar-refractivity contribution in [2.45, 2.75) is 95.0 Å². The first-order valence-electron chi connectivity index (χ1n) is 8.03. The van der Waals surface area contributed by atoms with Crippen LogP contribution in [0, 0.1) is 0 Å². The van der Waals surface area contributed by atoms with E-state index in [0.29, 0.717) is 18.4 Å². The lowest BCUT2D eigenvalue weighted by atomic mass is 9.66. The highest BCUT2D eigenvalue weighted by Crippen LogP contribution is 2.42. The summed E-state index contributed by atoms with van der Waals surface area (Å²) in [4.78, 5) is 0. The maximum absolute atomic E-state index is 11.0. The van der Waals surface area contributed by atoms with Gasteiger partial charge in [-0.2, -0.15) is 0 Å². The molecule has 0 aromatic heterocycles. The van der Waals surface area contributed by atoms with Crippen LogP contribution in [0.5, 0.6) is 0 Å². The summed E-state index contributed by atoms with van der Waals surface area (Å²) in [6.07, 6.45) is 5.90. The molecule has 2 atom stereocenters. The zero-order valence-corrected chi connectivity index (χ0v) is 13.2. The van der Waals surface area contributed by atoms with Gasteiger partial charge in [0.25, 0.3) is 0 Å². The molecular weight excluding hydrogens is 253 g/mol. The van der Waals surface area contributed by atoms with E-state index in [0.717, 1.165) is 12.8 Å². The molecule has 0 spiro atoms. The maximum Gasteiger partial charge on any atom is 0.460 e. The quantitative estimate of drug-likeness (QED) is 0.761. The van der Waals surface area contributed by atoms with Crippen molar-refractivity contribution in [1.82, 2.24) is 5.32 Å². The second kappa shape index (κ2) is 4.70. The Morgan fingerprint density at radius 1 is 1.05 bits per heavy atom. The molecule has 2 unspecified atom stereocenters. The molecule has 0 amide bonds. The number of piperidine rings is 2. The van der Waals surface area contributed by atoms with Crippen LogP contribution < -0.4 is 5.32 Å². The van der Waals surface area contributed by atoms with Crippen molar-refractivity contribution >= 4 is 7.12 Å². The molecule has 0 radical (unpaired) electrons. The third-order valence-electron chi connectivity index (χ3n) is 5.68. The van der Waals surface area contributed by atoms with E-state index >= 15 is 0 Å². The molecule has 3 fully saturated rings. The molecule has 4 nitrogen and oxygen atoms in total. The first-order chi connectivity index (χ1) is 9.19. The molecule has 3 rings (SSSR count). The first kappa shape index (κ1) is 14.8. The lowest BCUT2D eigenvalue weighted by Gasteiger charge is -2.45. The first-order valence-corrected chi connectivity index (χ1v) is 8.03. The van der Waals surface area contributed by atoms with Crippen molar-refractivity contribution in [3.8, 4) is 0 Å². The number of rotatable bonds is 2. The van der Waals surface area contributed by atoms with Crippen LogP contribution in [0.25, 0.3) is 0 Å². The van der Waals surface area contributed by atoms with Crippen LogP contribution in [0.15, 0.2) is 0 Å². The molecule has 0 aliphatic carbocycles. The van der Waals surface area contributed by atoms with Gasteiger partial charge in [-0.1, -0.05) is 6.42 Å². The van der Waals surface area contributed by atoms with E-state index in [-0.39, 0.29) is 18.3 Å². The Balaban J connectivity index is 1.66. The minimum atomic E-state index is -0.637. The van der Waals surface area contributed by atoms with E-state index in [9.17, 15) is 5.11 Å². The summed E-state index contributed by atoms with van der Waals surface area (Å²) in [5, 5.41) is 14.6.